The van der Waals surface area contributed by atoms with E-state index in [1.165, 1.54) is 33.4 Å². The van der Waals surface area contributed by atoms with Crippen LogP contribution in [0.1, 0.15) is 95.7 Å². The number of benzene rings is 3. The van der Waals surface area contributed by atoms with E-state index < -0.39 is 0 Å². The summed E-state index contributed by atoms with van der Waals surface area (Å²) in [5.41, 5.74) is 11.0. The minimum atomic E-state index is 0. The fraction of sp³-hybridized carbons (Fsp3) is 0.500. The zero-order valence-electron chi connectivity index (χ0n) is 28.4. The molecule has 0 aliphatic heterocycles. The van der Waals surface area contributed by atoms with Gasteiger partial charge in [0.05, 0.1) is 0 Å². The molecule has 3 rings (SSSR count). The summed E-state index contributed by atoms with van der Waals surface area (Å²) in [6.45, 7) is 31.7. The molecule has 0 aliphatic rings. The topological polar surface area (TPSA) is 42.3 Å². The maximum Gasteiger partial charge on any atom is 0 e. The van der Waals surface area contributed by atoms with Gasteiger partial charge < -0.3 is 33.0 Å². The number of aryl methyl sites for hydroxylation is 6. The van der Waals surface area contributed by atoms with E-state index in [9.17, 15) is 0 Å². The Kier molecular flexibility index (Phi) is 17.6. The Morgan fingerprint density at radius 1 is 0.341 bits per heavy atom. The van der Waals surface area contributed by atoms with Crippen LogP contribution in [-0.4, -0.2) is 33.7 Å². The maximum absolute atomic E-state index is 4.61. The molecule has 0 saturated carbocycles. The second-order valence-electron chi connectivity index (χ2n) is 13.9. The summed E-state index contributed by atoms with van der Waals surface area (Å²) in [5.74, 6) is 0. The van der Waals surface area contributed by atoms with Gasteiger partial charge in [-0.2, -0.15) is 0 Å². The molecule has 0 aliphatic carbocycles. The van der Waals surface area contributed by atoms with Crippen LogP contribution >= 0.6 is 0 Å². The monoisotopic (exact) mass is 706 g/mol. The molecule has 0 bridgehead atoms. The standard InChI is InChI=1S/3C12H18N.Mo.Se/c3*1-9-6-10(2)8-11(7-9)13-12(3,4)5;;/h3*6-8H,1-5H3;;/q3*-1;;-2. The van der Waals surface area contributed by atoms with Gasteiger partial charge in [-0.3, -0.25) is 0 Å². The zero-order valence-corrected chi connectivity index (χ0v) is 32.1. The van der Waals surface area contributed by atoms with Gasteiger partial charge in [-0.25, -0.2) is 0 Å². The van der Waals surface area contributed by atoms with E-state index in [-0.39, 0.29) is 54.8 Å². The van der Waals surface area contributed by atoms with Crippen LogP contribution in [0.3, 0.4) is 0 Å². The second kappa shape index (κ2) is 17.4. The van der Waals surface area contributed by atoms with Crippen molar-refractivity contribution in [2.24, 2.45) is 0 Å². The molecule has 0 spiro atoms. The predicted octanol–water partition coefficient (Wildman–Crippen LogP) is 11.9. The molecule has 3 aromatic rings. The van der Waals surface area contributed by atoms with Crippen molar-refractivity contribution >= 4 is 34.1 Å². The average molecular weight is 704 g/mol. The molecule has 0 unspecified atom stereocenters. The number of hydrogen-bond donors (Lipinski definition) is 0. The molecule has 230 valence electrons. The first kappa shape index (κ1) is 41.4. The molecule has 0 amide bonds. The Bertz CT molecular complexity index is 987. The molecule has 3 nitrogen and oxygen atoms in total. The van der Waals surface area contributed by atoms with Crippen LogP contribution in [0.15, 0.2) is 54.6 Å². The third-order valence-electron chi connectivity index (χ3n) is 5.01. The molecule has 41 heavy (non-hydrogen) atoms. The van der Waals surface area contributed by atoms with Crippen LogP contribution in [0.25, 0.3) is 16.0 Å². The van der Waals surface area contributed by atoms with Crippen molar-refractivity contribution in [2.45, 2.75) is 120 Å². The van der Waals surface area contributed by atoms with Gasteiger partial charge in [0, 0.05) is 21.1 Å². The molecule has 5 heteroatoms. The molecule has 0 aromatic heterocycles. The van der Waals surface area contributed by atoms with E-state index in [1.54, 1.807) is 0 Å². The summed E-state index contributed by atoms with van der Waals surface area (Å²) in [6.07, 6.45) is 0. The molecule has 0 atom stereocenters. The molecule has 0 radical (unpaired) electrons. The Hall–Kier alpha value is -1.73. The average Bonchev–Trinajstić information content (AvgIpc) is 2.62. The minimum Gasteiger partial charge on any atom is -2.00 e. The van der Waals surface area contributed by atoms with Crippen molar-refractivity contribution in [1.29, 1.82) is 0 Å². The third kappa shape index (κ3) is 20.7. The smallest absolute Gasteiger partial charge is 0 e. The van der Waals surface area contributed by atoms with Crippen molar-refractivity contribution in [3.05, 3.63) is 104 Å². The van der Waals surface area contributed by atoms with Crippen molar-refractivity contribution < 1.29 is 21.1 Å². The summed E-state index contributed by atoms with van der Waals surface area (Å²) in [7, 11) is 0. The Balaban J connectivity index is 0. The van der Waals surface area contributed by atoms with Crippen LogP contribution in [0, 0.1) is 41.5 Å². The van der Waals surface area contributed by atoms with Crippen molar-refractivity contribution in [1.82, 2.24) is 0 Å². The quantitative estimate of drug-likeness (QED) is 0.244. The fourth-order valence-corrected chi connectivity index (χ4v) is 4.21. The first-order valence-corrected chi connectivity index (χ1v) is 14.0. The van der Waals surface area contributed by atoms with E-state index in [4.69, 9.17) is 0 Å². The SMILES string of the molecule is Cc1cc(C)cc([N-]C(C)(C)C)c1.Cc1cc(C)cc([N-]C(C)(C)C)c1.Cc1cc(C)cc([N-]C(C)(C)C)c1.[Mo].[Se-2]. The molecule has 0 N–H and O–H groups in total. The Morgan fingerprint density at radius 3 is 0.610 bits per heavy atom. The van der Waals surface area contributed by atoms with E-state index in [0.717, 1.165) is 17.1 Å². The molecule has 0 heterocycles. The van der Waals surface area contributed by atoms with Gasteiger partial charge in [0.25, 0.3) is 0 Å². The number of rotatable bonds is 3. The van der Waals surface area contributed by atoms with Gasteiger partial charge in [-0.1, -0.05) is 150 Å². The van der Waals surface area contributed by atoms with Crippen LogP contribution in [0.4, 0.5) is 17.1 Å². The van der Waals surface area contributed by atoms with Gasteiger partial charge >= 0.3 is 0 Å². The van der Waals surface area contributed by atoms with E-state index in [2.05, 4.69) is 174 Å². The van der Waals surface area contributed by atoms with Crippen molar-refractivity contribution in [3.63, 3.8) is 0 Å². The number of hydrogen-bond acceptors (Lipinski definition) is 0. The van der Waals surface area contributed by atoms with Gasteiger partial charge in [0.15, 0.2) is 0 Å². The number of nitrogens with zero attached hydrogens (tertiary/aromatic N) is 3. The maximum atomic E-state index is 4.61. The predicted molar refractivity (Wildman–Crippen MR) is 182 cm³/mol. The Morgan fingerprint density at radius 2 is 0.488 bits per heavy atom. The van der Waals surface area contributed by atoms with Gasteiger partial charge in [0.2, 0.25) is 0 Å². The third-order valence-corrected chi connectivity index (χ3v) is 5.01. The van der Waals surface area contributed by atoms with Crippen LogP contribution in [-0.2, 0) is 21.1 Å². The first-order chi connectivity index (χ1) is 17.6. The van der Waals surface area contributed by atoms with Crippen LogP contribution in [0.5, 0.6) is 0 Å². The summed E-state index contributed by atoms with van der Waals surface area (Å²) >= 11 is 0. The normalized spacial score (nSPS) is 10.9. The zero-order chi connectivity index (χ0) is 30.2. The molecule has 0 fully saturated rings. The fourth-order valence-electron chi connectivity index (χ4n) is 4.21. The van der Waals surface area contributed by atoms with E-state index in [1.807, 2.05) is 0 Å². The first-order valence-electron chi connectivity index (χ1n) is 14.0. The second-order valence-corrected chi connectivity index (χ2v) is 13.9. The summed E-state index contributed by atoms with van der Waals surface area (Å²) in [6, 6.07) is 19.2. The van der Waals surface area contributed by atoms with Gasteiger partial charge in [-0.05, 0) is 41.5 Å². The summed E-state index contributed by atoms with van der Waals surface area (Å²) in [5, 5.41) is 13.8. The molecule has 0 saturated heterocycles. The van der Waals surface area contributed by atoms with Crippen LogP contribution in [0.2, 0.25) is 0 Å². The molecule has 3 aromatic carbocycles. The van der Waals surface area contributed by atoms with Crippen LogP contribution < -0.4 is 0 Å². The summed E-state index contributed by atoms with van der Waals surface area (Å²) < 4.78 is 0. The Labute approximate surface area is 278 Å². The van der Waals surface area contributed by atoms with Crippen molar-refractivity contribution in [3.8, 4) is 0 Å². The van der Waals surface area contributed by atoms with E-state index in [0.29, 0.717) is 0 Å². The molecular formula is C36H54MoN3Se-5. The minimum absolute atomic E-state index is 0. The van der Waals surface area contributed by atoms with Crippen molar-refractivity contribution in [2.75, 3.05) is 0 Å². The van der Waals surface area contributed by atoms with E-state index >= 15 is 0 Å². The van der Waals surface area contributed by atoms with Gasteiger partial charge in [-0.15, -0.1) is 33.7 Å². The largest absolute Gasteiger partial charge is 2.00 e. The summed E-state index contributed by atoms with van der Waals surface area (Å²) in [4.78, 5) is 0. The van der Waals surface area contributed by atoms with Gasteiger partial charge in [0.1, 0.15) is 0 Å². The molecular weight excluding hydrogens is 649 g/mol.